The van der Waals surface area contributed by atoms with Gasteiger partial charge in [-0.2, -0.15) is 0 Å². The number of hydrogen-bond donors (Lipinski definition) is 0. The Bertz CT molecular complexity index is 3160. The average Bonchev–Trinajstić information content (AvgIpc) is 3.72. The molecule has 0 aliphatic heterocycles. The summed E-state index contributed by atoms with van der Waals surface area (Å²) in [6.45, 7) is 0. The van der Waals surface area contributed by atoms with E-state index in [9.17, 15) is 0 Å². The molecule has 0 atom stereocenters. The van der Waals surface area contributed by atoms with Crippen molar-refractivity contribution < 1.29 is 0 Å². The van der Waals surface area contributed by atoms with Crippen LogP contribution in [0.4, 0.5) is 0 Å². The molecular weight excluding hydrogens is 629 g/mol. The SMILES string of the molecule is c1ccc(-c2cccc(-n3c4cc5c(cc4c4c6ccccc6ccc43)c3ccccc3n5-c3ccc(-c4cccc5ccccc45)cc3)c2)cc1. The van der Waals surface area contributed by atoms with Crippen LogP contribution < -0.4 is 0 Å². The van der Waals surface area contributed by atoms with E-state index in [1.807, 2.05) is 0 Å². The highest BCUT2D eigenvalue weighted by atomic mass is 15.0. The lowest BCUT2D eigenvalue weighted by molar-refractivity contribution is 1.17. The second kappa shape index (κ2) is 11.3. The van der Waals surface area contributed by atoms with E-state index in [4.69, 9.17) is 0 Å². The molecule has 0 N–H and O–H groups in total. The summed E-state index contributed by atoms with van der Waals surface area (Å²) < 4.78 is 4.91. The summed E-state index contributed by atoms with van der Waals surface area (Å²) in [5.74, 6) is 0. The summed E-state index contributed by atoms with van der Waals surface area (Å²) >= 11 is 0. The minimum absolute atomic E-state index is 1.15. The minimum Gasteiger partial charge on any atom is -0.309 e. The zero-order chi connectivity index (χ0) is 34.2. The Morgan fingerprint density at radius 3 is 1.75 bits per heavy atom. The zero-order valence-electron chi connectivity index (χ0n) is 28.4. The van der Waals surface area contributed by atoms with E-state index in [1.54, 1.807) is 0 Å². The van der Waals surface area contributed by atoms with Gasteiger partial charge in [-0.25, -0.2) is 0 Å². The lowest BCUT2D eigenvalue weighted by Gasteiger charge is -2.12. The van der Waals surface area contributed by atoms with Crippen LogP contribution in [0.5, 0.6) is 0 Å². The van der Waals surface area contributed by atoms with Crippen LogP contribution >= 0.6 is 0 Å². The second-order valence-electron chi connectivity index (χ2n) is 13.7. The summed E-state index contributed by atoms with van der Waals surface area (Å²) in [5.41, 5.74) is 12.0. The van der Waals surface area contributed by atoms with Crippen LogP contribution in [0, 0.1) is 0 Å². The van der Waals surface area contributed by atoms with Crippen LogP contribution in [0.1, 0.15) is 0 Å². The lowest BCUT2D eigenvalue weighted by atomic mass is 9.98. The molecule has 2 heterocycles. The summed E-state index contributed by atoms with van der Waals surface area (Å²) in [5, 5.41) is 10.1. The average molecular weight is 661 g/mol. The predicted octanol–water partition coefficient (Wildman–Crippen LogP) is 13.5. The minimum atomic E-state index is 1.15. The van der Waals surface area contributed by atoms with Crippen LogP contribution in [0.25, 0.3) is 98.8 Å². The molecule has 2 heteroatoms. The van der Waals surface area contributed by atoms with Crippen molar-refractivity contribution in [3.05, 3.63) is 194 Å². The van der Waals surface area contributed by atoms with E-state index < -0.39 is 0 Å². The molecule has 0 amide bonds. The van der Waals surface area contributed by atoms with Crippen LogP contribution in [0.3, 0.4) is 0 Å². The van der Waals surface area contributed by atoms with Crippen molar-refractivity contribution in [3.63, 3.8) is 0 Å². The van der Waals surface area contributed by atoms with Crippen molar-refractivity contribution in [2.75, 3.05) is 0 Å². The van der Waals surface area contributed by atoms with Crippen molar-refractivity contribution in [1.29, 1.82) is 0 Å². The van der Waals surface area contributed by atoms with Gasteiger partial charge in [-0.05, 0) is 92.3 Å². The molecule has 0 aliphatic rings. The molecule has 0 saturated heterocycles. The number of fused-ring (bicyclic) bond motifs is 9. The van der Waals surface area contributed by atoms with Gasteiger partial charge >= 0.3 is 0 Å². The van der Waals surface area contributed by atoms with Crippen LogP contribution in [-0.2, 0) is 0 Å². The Balaban J connectivity index is 1.19. The van der Waals surface area contributed by atoms with E-state index >= 15 is 0 Å². The highest BCUT2D eigenvalue weighted by molar-refractivity contribution is 6.25. The first-order chi connectivity index (χ1) is 25.8. The number of benzene rings is 9. The number of para-hydroxylation sites is 1. The number of aromatic nitrogens is 2. The molecule has 52 heavy (non-hydrogen) atoms. The van der Waals surface area contributed by atoms with Gasteiger partial charge in [0.15, 0.2) is 0 Å². The van der Waals surface area contributed by atoms with Gasteiger partial charge in [0.1, 0.15) is 0 Å². The molecule has 9 aromatic carbocycles. The highest BCUT2D eigenvalue weighted by Gasteiger charge is 2.20. The molecule has 2 nitrogen and oxygen atoms in total. The monoisotopic (exact) mass is 660 g/mol. The maximum absolute atomic E-state index is 2.47. The molecule has 242 valence electrons. The molecule has 11 rings (SSSR count). The van der Waals surface area contributed by atoms with Crippen LogP contribution in [0.2, 0.25) is 0 Å². The Labute approximate surface area is 301 Å². The second-order valence-corrected chi connectivity index (χ2v) is 13.7. The molecule has 0 spiro atoms. The normalized spacial score (nSPS) is 11.8. The maximum Gasteiger partial charge on any atom is 0.0562 e. The summed E-state index contributed by atoms with van der Waals surface area (Å²) in [6.07, 6.45) is 0. The van der Waals surface area contributed by atoms with E-state index in [-0.39, 0.29) is 0 Å². The molecular formula is C50H32N2. The number of nitrogens with zero attached hydrogens (tertiary/aromatic N) is 2. The quantitative estimate of drug-likeness (QED) is 0.178. The maximum atomic E-state index is 2.47. The van der Waals surface area contributed by atoms with Gasteiger partial charge in [0, 0.05) is 32.9 Å². The van der Waals surface area contributed by atoms with Gasteiger partial charge in [-0.15, -0.1) is 0 Å². The lowest BCUT2D eigenvalue weighted by Crippen LogP contribution is -1.96. The molecule has 2 aromatic heterocycles. The molecule has 0 saturated carbocycles. The van der Waals surface area contributed by atoms with Gasteiger partial charge in [0.05, 0.1) is 22.1 Å². The molecule has 0 radical (unpaired) electrons. The van der Waals surface area contributed by atoms with Gasteiger partial charge in [-0.3, -0.25) is 0 Å². The first-order valence-corrected chi connectivity index (χ1v) is 17.9. The van der Waals surface area contributed by atoms with Gasteiger partial charge < -0.3 is 9.13 Å². The fourth-order valence-corrected chi connectivity index (χ4v) is 8.53. The summed E-state index contributed by atoms with van der Waals surface area (Å²) in [6, 6.07) is 71.0. The fraction of sp³-hybridized carbons (Fsp3) is 0. The van der Waals surface area contributed by atoms with Crippen molar-refractivity contribution in [3.8, 4) is 33.6 Å². The van der Waals surface area contributed by atoms with E-state index in [0.29, 0.717) is 0 Å². The third-order valence-electron chi connectivity index (χ3n) is 10.9. The Morgan fingerprint density at radius 1 is 0.269 bits per heavy atom. The summed E-state index contributed by atoms with van der Waals surface area (Å²) in [7, 11) is 0. The number of hydrogen-bond acceptors (Lipinski definition) is 0. The smallest absolute Gasteiger partial charge is 0.0562 e. The molecule has 0 aliphatic carbocycles. The highest BCUT2D eigenvalue weighted by Crippen LogP contribution is 2.42. The third kappa shape index (κ3) is 4.31. The van der Waals surface area contributed by atoms with Gasteiger partial charge in [0.25, 0.3) is 0 Å². The standard InChI is InChI=1S/C50H32N2/c1-2-12-33(13-3-1)37-17-10-18-39(30-37)52-47-29-26-35-15-5-7-20-42(35)50(47)45-31-44-43-21-8-9-23-46(43)51(48(44)32-49(45)52)38-27-24-36(25-28-38)41-22-11-16-34-14-4-6-19-40(34)41/h1-32H. The van der Waals surface area contributed by atoms with Crippen molar-refractivity contribution in [2.45, 2.75) is 0 Å². The topological polar surface area (TPSA) is 9.86 Å². The molecule has 11 aromatic rings. The Hall–Kier alpha value is -6.90. The molecule has 0 unspecified atom stereocenters. The third-order valence-corrected chi connectivity index (χ3v) is 10.9. The largest absolute Gasteiger partial charge is 0.309 e. The van der Waals surface area contributed by atoms with Crippen molar-refractivity contribution in [2.24, 2.45) is 0 Å². The van der Waals surface area contributed by atoms with Crippen LogP contribution in [0.15, 0.2) is 194 Å². The van der Waals surface area contributed by atoms with Gasteiger partial charge in [0.2, 0.25) is 0 Å². The van der Waals surface area contributed by atoms with Crippen LogP contribution in [-0.4, -0.2) is 9.13 Å². The first-order valence-electron chi connectivity index (χ1n) is 17.9. The Kier molecular flexibility index (Phi) is 6.28. The molecule has 0 fully saturated rings. The van der Waals surface area contributed by atoms with E-state index in [2.05, 4.69) is 203 Å². The van der Waals surface area contributed by atoms with E-state index in [1.165, 1.54) is 87.4 Å². The predicted molar refractivity (Wildman–Crippen MR) is 221 cm³/mol. The van der Waals surface area contributed by atoms with Crippen molar-refractivity contribution >= 4 is 65.2 Å². The van der Waals surface area contributed by atoms with E-state index in [0.717, 1.165) is 11.4 Å². The zero-order valence-corrected chi connectivity index (χ0v) is 28.4. The van der Waals surface area contributed by atoms with Gasteiger partial charge in [-0.1, -0.05) is 146 Å². The Morgan fingerprint density at radius 2 is 0.904 bits per heavy atom. The summed E-state index contributed by atoms with van der Waals surface area (Å²) in [4.78, 5) is 0. The van der Waals surface area contributed by atoms with Crippen molar-refractivity contribution in [1.82, 2.24) is 9.13 Å². The number of rotatable bonds is 4. The first kappa shape index (κ1) is 28.9. The fourth-order valence-electron chi connectivity index (χ4n) is 8.53. The molecule has 0 bridgehead atoms.